The highest BCUT2D eigenvalue weighted by molar-refractivity contribution is 5.90. The van der Waals surface area contributed by atoms with Crippen LogP contribution in [0.25, 0.3) is 0 Å². The average molecular weight is 209 g/mol. The molecule has 1 aromatic rings. The van der Waals surface area contributed by atoms with Crippen molar-refractivity contribution >= 4 is 11.6 Å². The van der Waals surface area contributed by atoms with Gasteiger partial charge in [0.2, 0.25) is 5.91 Å². The quantitative estimate of drug-likeness (QED) is 0.739. The number of amides is 1. The van der Waals surface area contributed by atoms with Crippen molar-refractivity contribution in [3.05, 3.63) is 28.7 Å². The van der Waals surface area contributed by atoms with Crippen LogP contribution < -0.4 is 16.6 Å². The van der Waals surface area contributed by atoms with Crippen LogP contribution in [0.4, 0.5) is 5.69 Å². The summed E-state index contributed by atoms with van der Waals surface area (Å²) >= 11 is 0. The van der Waals surface area contributed by atoms with Gasteiger partial charge in [-0.3, -0.25) is 9.59 Å². The molecule has 15 heavy (non-hydrogen) atoms. The number of rotatable bonds is 3. The molecule has 0 saturated carbocycles. The molecule has 0 radical (unpaired) electrons. The van der Waals surface area contributed by atoms with Crippen LogP contribution >= 0.6 is 0 Å². The fourth-order valence-electron chi connectivity index (χ4n) is 1.19. The van der Waals surface area contributed by atoms with Crippen molar-refractivity contribution in [2.75, 3.05) is 5.32 Å². The van der Waals surface area contributed by atoms with Crippen LogP contribution in [0.2, 0.25) is 0 Å². The molecule has 0 aliphatic heterocycles. The van der Waals surface area contributed by atoms with E-state index in [1.165, 1.54) is 4.57 Å². The highest BCUT2D eigenvalue weighted by atomic mass is 16.2. The minimum atomic E-state index is -0.242. The number of anilines is 1. The Balaban J connectivity index is 2.77. The highest BCUT2D eigenvalue weighted by Gasteiger charge is 2.07. The molecule has 1 rings (SSSR count). The number of pyridine rings is 1. The van der Waals surface area contributed by atoms with Crippen LogP contribution in [-0.4, -0.2) is 16.5 Å². The molecular formula is C10H15N3O2. The maximum Gasteiger partial charge on any atom is 0.274 e. The Labute approximate surface area is 87.9 Å². The van der Waals surface area contributed by atoms with Crippen molar-refractivity contribution in [1.29, 1.82) is 0 Å². The summed E-state index contributed by atoms with van der Waals surface area (Å²) in [4.78, 5) is 22.9. The fraction of sp³-hybridized carbons (Fsp3) is 0.400. The zero-order valence-corrected chi connectivity index (χ0v) is 8.86. The Hall–Kier alpha value is -1.62. The second-order valence-electron chi connectivity index (χ2n) is 3.57. The Morgan fingerprint density at radius 3 is 2.93 bits per heavy atom. The van der Waals surface area contributed by atoms with E-state index in [4.69, 9.17) is 5.73 Å². The summed E-state index contributed by atoms with van der Waals surface area (Å²) in [6.45, 7) is 1.74. The molecule has 82 valence electrons. The van der Waals surface area contributed by atoms with Gasteiger partial charge in [-0.05, 0) is 19.1 Å². The average Bonchev–Trinajstić information content (AvgIpc) is 2.11. The van der Waals surface area contributed by atoms with E-state index in [-0.39, 0.29) is 29.6 Å². The van der Waals surface area contributed by atoms with Gasteiger partial charge >= 0.3 is 0 Å². The number of hydrogen-bond acceptors (Lipinski definition) is 3. The molecule has 0 saturated heterocycles. The van der Waals surface area contributed by atoms with Crippen LogP contribution in [0.1, 0.15) is 13.3 Å². The number of nitrogens with zero attached hydrogens (tertiary/aromatic N) is 1. The lowest BCUT2D eigenvalue weighted by molar-refractivity contribution is -0.116. The van der Waals surface area contributed by atoms with E-state index in [1.54, 1.807) is 32.3 Å². The topological polar surface area (TPSA) is 77.1 Å². The molecular weight excluding hydrogens is 194 g/mol. The Morgan fingerprint density at radius 2 is 2.33 bits per heavy atom. The Kier molecular flexibility index (Phi) is 3.62. The van der Waals surface area contributed by atoms with Crippen molar-refractivity contribution in [1.82, 2.24) is 4.57 Å². The molecule has 0 aliphatic rings. The number of hydrogen-bond donors (Lipinski definition) is 2. The van der Waals surface area contributed by atoms with Gasteiger partial charge in [-0.1, -0.05) is 0 Å². The smallest absolute Gasteiger partial charge is 0.274 e. The summed E-state index contributed by atoms with van der Waals surface area (Å²) in [7, 11) is 1.63. The number of nitrogens with two attached hydrogens (primary N) is 1. The number of aromatic nitrogens is 1. The number of carbonyl (C=O) groups excluding carboxylic acids is 1. The van der Waals surface area contributed by atoms with Gasteiger partial charge in [0.05, 0.1) is 0 Å². The van der Waals surface area contributed by atoms with Crippen molar-refractivity contribution in [2.45, 2.75) is 19.4 Å². The Bertz CT molecular complexity index is 409. The molecule has 1 heterocycles. The van der Waals surface area contributed by atoms with Gasteiger partial charge in [-0.15, -0.1) is 0 Å². The van der Waals surface area contributed by atoms with E-state index >= 15 is 0 Å². The normalized spacial score (nSPS) is 12.2. The lowest BCUT2D eigenvalue weighted by Gasteiger charge is -2.07. The maximum absolute atomic E-state index is 11.5. The predicted octanol–water partition coefficient (Wildman–Crippen LogP) is 0.0611. The summed E-state index contributed by atoms with van der Waals surface area (Å²) < 4.78 is 1.40. The first kappa shape index (κ1) is 11.5. The first-order valence-electron chi connectivity index (χ1n) is 4.72. The monoisotopic (exact) mass is 209 g/mol. The third kappa shape index (κ3) is 3.21. The first-order valence-corrected chi connectivity index (χ1v) is 4.72. The van der Waals surface area contributed by atoms with Crippen molar-refractivity contribution < 1.29 is 4.79 Å². The lowest BCUT2D eigenvalue weighted by Crippen LogP contribution is -2.27. The zero-order valence-electron chi connectivity index (χ0n) is 8.86. The highest BCUT2D eigenvalue weighted by Crippen LogP contribution is 1.99. The molecule has 1 unspecified atom stereocenters. The maximum atomic E-state index is 11.5. The number of carbonyl (C=O) groups is 1. The second kappa shape index (κ2) is 4.75. The van der Waals surface area contributed by atoms with Gasteiger partial charge in [-0.25, -0.2) is 0 Å². The van der Waals surface area contributed by atoms with E-state index in [0.717, 1.165) is 0 Å². The van der Waals surface area contributed by atoms with Crippen LogP contribution in [0.15, 0.2) is 23.1 Å². The van der Waals surface area contributed by atoms with E-state index in [9.17, 15) is 9.59 Å². The summed E-state index contributed by atoms with van der Waals surface area (Å²) in [6.07, 6.45) is 1.83. The largest absolute Gasteiger partial charge is 0.327 e. The number of nitrogens with one attached hydrogen (secondary N) is 1. The van der Waals surface area contributed by atoms with Gasteiger partial charge in [0.1, 0.15) is 5.69 Å². The van der Waals surface area contributed by atoms with Crippen LogP contribution in [0, 0.1) is 0 Å². The predicted molar refractivity (Wildman–Crippen MR) is 58.6 cm³/mol. The molecule has 0 bridgehead atoms. The van der Waals surface area contributed by atoms with Gasteiger partial charge in [0.15, 0.2) is 0 Å². The van der Waals surface area contributed by atoms with E-state index in [1.807, 2.05) is 0 Å². The molecule has 3 N–H and O–H groups in total. The Morgan fingerprint density at radius 1 is 1.67 bits per heavy atom. The minimum Gasteiger partial charge on any atom is -0.327 e. The number of aryl methyl sites for hydroxylation is 1. The lowest BCUT2D eigenvalue weighted by atomic mass is 10.2. The molecule has 1 atom stereocenters. The van der Waals surface area contributed by atoms with Crippen molar-refractivity contribution in [3.63, 3.8) is 0 Å². The van der Waals surface area contributed by atoms with E-state index in [2.05, 4.69) is 5.32 Å². The van der Waals surface area contributed by atoms with Crippen LogP contribution in [0.5, 0.6) is 0 Å². The second-order valence-corrected chi connectivity index (χ2v) is 3.57. The minimum absolute atomic E-state index is 0.206. The summed E-state index contributed by atoms with van der Waals surface area (Å²) in [5.41, 5.74) is 5.53. The third-order valence-corrected chi connectivity index (χ3v) is 1.90. The van der Waals surface area contributed by atoms with Crippen LogP contribution in [0.3, 0.4) is 0 Å². The van der Waals surface area contributed by atoms with Gasteiger partial charge in [-0.2, -0.15) is 0 Å². The SMILES string of the molecule is CC(N)CC(=O)Nc1cccn(C)c1=O. The van der Waals surface area contributed by atoms with Crippen LogP contribution in [-0.2, 0) is 11.8 Å². The van der Waals surface area contributed by atoms with Crippen molar-refractivity contribution in [2.24, 2.45) is 12.8 Å². The summed E-state index contributed by atoms with van der Waals surface area (Å²) in [5.74, 6) is -0.242. The summed E-state index contributed by atoms with van der Waals surface area (Å²) in [6, 6.07) is 3.06. The molecule has 5 heteroatoms. The van der Waals surface area contributed by atoms with E-state index < -0.39 is 0 Å². The third-order valence-electron chi connectivity index (χ3n) is 1.90. The van der Waals surface area contributed by atoms with Gasteiger partial charge in [0.25, 0.3) is 5.56 Å². The molecule has 1 amide bonds. The molecule has 0 aliphatic carbocycles. The molecule has 0 aromatic carbocycles. The zero-order chi connectivity index (χ0) is 11.4. The van der Waals surface area contributed by atoms with Crippen molar-refractivity contribution in [3.8, 4) is 0 Å². The molecule has 0 fully saturated rings. The van der Waals surface area contributed by atoms with Gasteiger partial charge < -0.3 is 15.6 Å². The van der Waals surface area contributed by atoms with E-state index in [0.29, 0.717) is 0 Å². The molecule has 1 aromatic heterocycles. The molecule has 5 nitrogen and oxygen atoms in total. The standard InChI is InChI=1S/C10H15N3O2/c1-7(11)6-9(14)12-8-4-3-5-13(2)10(8)15/h3-5,7H,6,11H2,1-2H3,(H,12,14). The fourth-order valence-corrected chi connectivity index (χ4v) is 1.19. The van der Waals surface area contributed by atoms with Gasteiger partial charge in [0, 0.05) is 25.7 Å². The summed E-state index contributed by atoms with van der Waals surface area (Å²) in [5, 5.41) is 2.53. The molecule has 0 spiro atoms. The first-order chi connectivity index (χ1) is 7.00.